The van der Waals surface area contributed by atoms with Crippen molar-refractivity contribution in [2.45, 2.75) is 26.3 Å². The number of carbonyl (C=O) groups is 1. The van der Waals surface area contributed by atoms with Crippen molar-refractivity contribution in [1.29, 1.82) is 0 Å². The number of aryl methyl sites for hydroxylation is 1. The average molecular weight is 273 g/mol. The van der Waals surface area contributed by atoms with E-state index in [2.05, 4.69) is 5.32 Å². The Hall–Kier alpha value is -1.00. The van der Waals surface area contributed by atoms with Gasteiger partial charge in [-0.25, -0.2) is 0 Å². The van der Waals surface area contributed by atoms with Crippen LogP contribution in [0.15, 0.2) is 16.5 Å². The number of piperidine rings is 1. The van der Waals surface area contributed by atoms with Crippen molar-refractivity contribution < 1.29 is 9.21 Å². The summed E-state index contributed by atoms with van der Waals surface area (Å²) in [5, 5.41) is 3.27. The molecule has 0 aliphatic carbocycles. The van der Waals surface area contributed by atoms with Crippen LogP contribution in [-0.4, -0.2) is 30.9 Å². The Morgan fingerprint density at radius 3 is 2.89 bits per heavy atom. The van der Waals surface area contributed by atoms with Crippen LogP contribution in [0.3, 0.4) is 0 Å². The highest BCUT2D eigenvalue weighted by atomic mass is 35.5. The van der Waals surface area contributed by atoms with Gasteiger partial charge in [-0.3, -0.25) is 4.79 Å². The molecule has 1 aliphatic rings. The summed E-state index contributed by atoms with van der Waals surface area (Å²) in [6.07, 6.45) is 2.08. The predicted molar refractivity (Wildman–Crippen MR) is 72.8 cm³/mol. The summed E-state index contributed by atoms with van der Waals surface area (Å²) < 4.78 is 5.48. The molecule has 5 heteroatoms. The van der Waals surface area contributed by atoms with Gasteiger partial charge in [0.25, 0.3) is 0 Å². The van der Waals surface area contributed by atoms with Gasteiger partial charge in [0.2, 0.25) is 5.91 Å². The Morgan fingerprint density at radius 2 is 2.33 bits per heavy atom. The van der Waals surface area contributed by atoms with Gasteiger partial charge < -0.3 is 14.6 Å². The summed E-state index contributed by atoms with van der Waals surface area (Å²) in [6, 6.07) is 3.86. The molecule has 2 heterocycles. The fourth-order valence-corrected chi connectivity index (χ4v) is 2.26. The third-order valence-corrected chi connectivity index (χ3v) is 3.21. The molecular weight excluding hydrogens is 252 g/mol. The topological polar surface area (TPSA) is 45.5 Å². The number of amides is 1. The van der Waals surface area contributed by atoms with E-state index in [-0.39, 0.29) is 24.2 Å². The van der Waals surface area contributed by atoms with Crippen molar-refractivity contribution in [3.8, 4) is 0 Å². The van der Waals surface area contributed by atoms with E-state index in [1.807, 2.05) is 26.1 Å². The van der Waals surface area contributed by atoms with Gasteiger partial charge in [-0.1, -0.05) is 0 Å². The highest BCUT2D eigenvalue weighted by Gasteiger charge is 2.24. The van der Waals surface area contributed by atoms with Gasteiger partial charge in [0.1, 0.15) is 11.5 Å². The molecule has 0 radical (unpaired) electrons. The lowest BCUT2D eigenvalue weighted by molar-refractivity contribution is -0.135. The van der Waals surface area contributed by atoms with Crippen molar-refractivity contribution in [3.63, 3.8) is 0 Å². The van der Waals surface area contributed by atoms with Crippen molar-refractivity contribution in [2.24, 2.45) is 5.92 Å². The van der Waals surface area contributed by atoms with E-state index < -0.39 is 0 Å². The molecule has 1 atom stereocenters. The zero-order valence-corrected chi connectivity index (χ0v) is 11.8. The Labute approximate surface area is 114 Å². The number of rotatable bonds is 3. The smallest absolute Gasteiger partial charge is 0.227 e. The number of furan rings is 1. The van der Waals surface area contributed by atoms with Crippen LogP contribution in [0.25, 0.3) is 0 Å². The van der Waals surface area contributed by atoms with Crippen LogP contribution in [0.1, 0.15) is 24.4 Å². The molecular formula is C13H21ClN2O2. The second-order valence-electron chi connectivity index (χ2n) is 4.75. The minimum absolute atomic E-state index is 0. The summed E-state index contributed by atoms with van der Waals surface area (Å²) in [7, 11) is 1.84. The maximum Gasteiger partial charge on any atom is 0.227 e. The summed E-state index contributed by atoms with van der Waals surface area (Å²) in [5.41, 5.74) is 0. The SMILES string of the molecule is Cc1ccc(CN(C)C(=O)C2CCCNC2)o1.Cl. The molecule has 1 fully saturated rings. The average Bonchev–Trinajstić information content (AvgIpc) is 2.75. The third kappa shape index (κ3) is 3.75. The van der Waals surface area contributed by atoms with Gasteiger partial charge in [-0.2, -0.15) is 0 Å². The second kappa shape index (κ2) is 6.81. The fraction of sp³-hybridized carbons (Fsp3) is 0.615. The van der Waals surface area contributed by atoms with Gasteiger partial charge in [0, 0.05) is 13.6 Å². The summed E-state index contributed by atoms with van der Waals surface area (Å²) in [4.78, 5) is 13.9. The molecule has 1 aliphatic heterocycles. The lowest BCUT2D eigenvalue weighted by Crippen LogP contribution is -2.41. The van der Waals surface area contributed by atoms with Crippen molar-refractivity contribution in [3.05, 3.63) is 23.7 Å². The number of hydrogen-bond donors (Lipinski definition) is 1. The molecule has 1 amide bonds. The standard InChI is InChI=1S/C13H20N2O2.ClH/c1-10-5-6-12(17-10)9-15(2)13(16)11-4-3-7-14-8-11;/h5-6,11,14H,3-4,7-9H2,1-2H3;1H. The predicted octanol–water partition coefficient (Wildman–Crippen LogP) is 1.97. The largest absolute Gasteiger partial charge is 0.464 e. The van der Waals surface area contributed by atoms with Crippen LogP contribution in [0.5, 0.6) is 0 Å². The summed E-state index contributed by atoms with van der Waals surface area (Å²) in [6.45, 7) is 4.31. The van der Waals surface area contributed by atoms with Gasteiger partial charge in [-0.05, 0) is 38.4 Å². The van der Waals surface area contributed by atoms with Crippen LogP contribution in [0.4, 0.5) is 0 Å². The number of nitrogens with one attached hydrogen (secondary N) is 1. The molecule has 18 heavy (non-hydrogen) atoms. The number of halogens is 1. The van der Waals surface area contributed by atoms with E-state index in [1.165, 1.54) is 0 Å². The van der Waals surface area contributed by atoms with E-state index in [1.54, 1.807) is 4.90 Å². The lowest BCUT2D eigenvalue weighted by Gasteiger charge is -2.26. The first kappa shape index (κ1) is 15.1. The third-order valence-electron chi connectivity index (χ3n) is 3.21. The Balaban J connectivity index is 0.00000162. The van der Waals surface area contributed by atoms with Crippen molar-refractivity contribution in [1.82, 2.24) is 10.2 Å². The van der Waals surface area contributed by atoms with E-state index >= 15 is 0 Å². The van der Waals surface area contributed by atoms with E-state index in [4.69, 9.17) is 4.42 Å². The molecule has 1 unspecified atom stereocenters. The lowest BCUT2D eigenvalue weighted by atomic mass is 9.98. The highest BCUT2D eigenvalue weighted by molar-refractivity contribution is 5.85. The zero-order chi connectivity index (χ0) is 12.3. The molecule has 102 valence electrons. The maximum absolute atomic E-state index is 12.2. The minimum atomic E-state index is 0. The second-order valence-corrected chi connectivity index (χ2v) is 4.75. The molecule has 0 bridgehead atoms. The monoisotopic (exact) mass is 272 g/mol. The highest BCUT2D eigenvalue weighted by Crippen LogP contribution is 2.15. The van der Waals surface area contributed by atoms with E-state index in [9.17, 15) is 4.79 Å². The molecule has 0 saturated carbocycles. The van der Waals surface area contributed by atoms with Crippen LogP contribution in [0, 0.1) is 12.8 Å². The van der Waals surface area contributed by atoms with Crippen molar-refractivity contribution in [2.75, 3.05) is 20.1 Å². The van der Waals surface area contributed by atoms with Crippen LogP contribution >= 0.6 is 12.4 Å². The van der Waals surface area contributed by atoms with E-state index in [0.717, 1.165) is 37.5 Å². The normalized spacial score (nSPS) is 19.1. The molecule has 1 aromatic heterocycles. The van der Waals surface area contributed by atoms with Crippen LogP contribution in [-0.2, 0) is 11.3 Å². The van der Waals surface area contributed by atoms with E-state index in [0.29, 0.717) is 6.54 Å². The molecule has 2 rings (SSSR count). The van der Waals surface area contributed by atoms with Gasteiger partial charge in [-0.15, -0.1) is 12.4 Å². The summed E-state index contributed by atoms with van der Waals surface area (Å²) in [5.74, 6) is 2.08. The molecule has 1 aromatic rings. The van der Waals surface area contributed by atoms with Gasteiger partial charge in [0.15, 0.2) is 0 Å². The van der Waals surface area contributed by atoms with Gasteiger partial charge >= 0.3 is 0 Å². The molecule has 4 nitrogen and oxygen atoms in total. The fourth-order valence-electron chi connectivity index (χ4n) is 2.26. The number of hydrogen-bond acceptors (Lipinski definition) is 3. The summed E-state index contributed by atoms with van der Waals surface area (Å²) >= 11 is 0. The first-order valence-corrected chi connectivity index (χ1v) is 6.18. The molecule has 1 N–H and O–H groups in total. The first-order valence-electron chi connectivity index (χ1n) is 6.18. The number of carbonyl (C=O) groups excluding carboxylic acids is 1. The number of nitrogens with zero attached hydrogens (tertiary/aromatic N) is 1. The van der Waals surface area contributed by atoms with Crippen LogP contribution < -0.4 is 5.32 Å². The van der Waals surface area contributed by atoms with Gasteiger partial charge in [0.05, 0.1) is 12.5 Å². The van der Waals surface area contributed by atoms with Crippen LogP contribution in [0.2, 0.25) is 0 Å². The molecule has 1 saturated heterocycles. The quantitative estimate of drug-likeness (QED) is 0.915. The molecule has 0 spiro atoms. The maximum atomic E-state index is 12.2. The Morgan fingerprint density at radius 1 is 1.56 bits per heavy atom. The first-order chi connectivity index (χ1) is 8.16. The Kier molecular flexibility index (Phi) is 5.69. The van der Waals surface area contributed by atoms with Crippen molar-refractivity contribution >= 4 is 18.3 Å². The zero-order valence-electron chi connectivity index (χ0n) is 10.9. The Bertz CT molecular complexity index is 386. The minimum Gasteiger partial charge on any atom is -0.464 e. The molecule has 0 aromatic carbocycles.